The predicted molar refractivity (Wildman–Crippen MR) is 108 cm³/mol. The number of nitrogens with one attached hydrogen (secondary N) is 1. The van der Waals surface area contributed by atoms with Gasteiger partial charge in [0.25, 0.3) is 0 Å². The van der Waals surface area contributed by atoms with Crippen molar-refractivity contribution >= 4 is 38.5 Å². The molecule has 4 rings (SSSR count). The highest BCUT2D eigenvalue weighted by atomic mass is 32.1. The number of rotatable bonds is 5. The third-order valence-electron chi connectivity index (χ3n) is 4.89. The van der Waals surface area contributed by atoms with E-state index in [9.17, 15) is 9.59 Å². The van der Waals surface area contributed by atoms with Crippen molar-refractivity contribution in [2.24, 2.45) is 5.92 Å². The average Bonchev–Trinajstić information content (AvgIpc) is 3.25. The van der Waals surface area contributed by atoms with E-state index in [1.807, 2.05) is 36.4 Å². The predicted octanol–water partition coefficient (Wildman–Crippen LogP) is 3.85. The first-order valence-corrected chi connectivity index (χ1v) is 9.96. The Morgan fingerprint density at radius 2 is 2.04 bits per heavy atom. The third-order valence-corrected chi connectivity index (χ3v) is 5.83. The lowest BCUT2D eigenvalue weighted by Gasteiger charge is -2.16. The van der Waals surface area contributed by atoms with Crippen molar-refractivity contribution in [1.29, 1.82) is 0 Å². The summed E-state index contributed by atoms with van der Waals surface area (Å²) >= 11 is 1.48. The molecule has 0 aliphatic carbocycles. The largest absolute Gasteiger partial charge is 0.338 e. The molecule has 1 aromatic heterocycles. The van der Waals surface area contributed by atoms with Crippen LogP contribution in [0.2, 0.25) is 0 Å². The lowest BCUT2D eigenvalue weighted by Crippen LogP contribution is -2.28. The fourth-order valence-corrected chi connectivity index (χ4v) is 4.29. The lowest BCUT2D eigenvalue weighted by molar-refractivity contribution is -0.128. The van der Waals surface area contributed by atoms with Crippen LogP contribution in [0.15, 0.2) is 48.5 Å². The molecule has 5 nitrogen and oxygen atoms in total. The lowest BCUT2D eigenvalue weighted by atomic mass is 10.1. The molecule has 1 saturated heterocycles. The van der Waals surface area contributed by atoms with E-state index in [1.165, 1.54) is 16.9 Å². The maximum Gasteiger partial charge on any atom is 0.231 e. The summed E-state index contributed by atoms with van der Waals surface area (Å²) in [5, 5.41) is 3.50. The minimum Gasteiger partial charge on any atom is -0.338 e. The molecule has 1 aliphatic rings. The van der Waals surface area contributed by atoms with Crippen LogP contribution in [0.3, 0.4) is 0 Å². The molecule has 138 valence electrons. The van der Waals surface area contributed by atoms with Gasteiger partial charge in [-0.3, -0.25) is 9.59 Å². The van der Waals surface area contributed by atoms with Crippen LogP contribution >= 0.6 is 11.3 Å². The highest BCUT2D eigenvalue weighted by molar-refractivity contribution is 7.22. The van der Waals surface area contributed by atoms with Gasteiger partial charge in [0.2, 0.25) is 11.8 Å². The van der Waals surface area contributed by atoms with E-state index < -0.39 is 0 Å². The standard InChI is InChI=1S/C21H21N3O2S/c1-2-14-8-9-17-18(10-14)27-21(22-17)23-20(26)16-11-19(25)24(13-16)12-15-6-4-3-5-7-15/h3-10,16H,2,11-13H2,1H3,(H,22,23,26). The van der Waals surface area contributed by atoms with Crippen molar-refractivity contribution in [3.8, 4) is 0 Å². The summed E-state index contributed by atoms with van der Waals surface area (Å²) in [7, 11) is 0. The molecule has 1 atom stereocenters. The monoisotopic (exact) mass is 379 g/mol. The molecule has 2 aromatic carbocycles. The quantitative estimate of drug-likeness (QED) is 0.732. The second-order valence-electron chi connectivity index (χ2n) is 6.82. The third kappa shape index (κ3) is 3.85. The van der Waals surface area contributed by atoms with Crippen LogP contribution in [0.4, 0.5) is 5.13 Å². The summed E-state index contributed by atoms with van der Waals surface area (Å²) in [5.41, 5.74) is 3.22. The van der Waals surface area contributed by atoms with E-state index in [4.69, 9.17) is 0 Å². The topological polar surface area (TPSA) is 62.3 Å². The van der Waals surface area contributed by atoms with Crippen molar-refractivity contribution in [3.63, 3.8) is 0 Å². The molecule has 1 unspecified atom stereocenters. The van der Waals surface area contributed by atoms with Crippen molar-refractivity contribution in [2.45, 2.75) is 26.3 Å². The highest BCUT2D eigenvalue weighted by Gasteiger charge is 2.34. The van der Waals surface area contributed by atoms with Gasteiger partial charge in [0.1, 0.15) is 0 Å². The SMILES string of the molecule is CCc1ccc2nc(NC(=O)C3CC(=O)N(Cc4ccccc4)C3)sc2c1. The molecule has 2 amide bonds. The number of hydrogen-bond donors (Lipinski definition) is 1. The number of benzene rings is 2. The number of thiazole rings is 1. The van der Waals surface area contributed by atoms with Crippen LogP contribution in [0, 0.1) is 5.92 Å². The van der Waals surface area contributed by atoms with Crippen molar-refractivity contribution in [3.05, 3.63) is 59.7 Å². The fraction of sp³-hybridized carbons (Fsp3) is 0.286. The van der Waals surface area contributed by atoms with E-state index in [0.717, 1.165) is 22.2 Å². The molecule has 0 spiro atoms. The van der Waals surface area contributed by atoms with Crippen molar-refractivity contribution < 1.29 is 9.59 Å². The number of carbonyl (C=O) groups is 2. The number of fused-ring (bicyclic) bond motifs is 1. The summed E-state index contributed by atoms with van der Waals surface area (Å²) in [6, 6.07) is 16.0. The first-order valence-electron chi connectivity index (χ1n) is 9.14. The number of aryl methyl sites for hydroxylation is 1. The molecule has 1 aliphatic heterocycles. The van der Waals surface area contributed by atoms with Gasteiger partial charge < -0.3 is 10.2 Å². The Morgan fingerprint density at radius 1 is 1.22 bits per heavy atom. The minimum atomic E-state index is -0.334. The van der Waals surface area contributed by atoms with Crippen LogP contribution in [0.5, 0.6) is 0 Å². The number of aromatic nitrogens is 1. The summed E-state index contributed by atoms with van der Waals surface area (Å²) in [4.78, 5) is 31.2. The maximum absolute atomic E-state index is 12.6. The number of likely N-dealkylation sites (tertiary alicyclic amines) is 1. The van der Waals surface area contributed by atoms with E-state index >= 15 is 0 Å². The summed E-state index contributed by atoms with van der Waals surface area (Å²) in [6.45, 7) is 3.11. The Balaban J connectivity index is 1.42. The number of anilines is 1. The summed E-state index contributed by atoms with van der Waals surface area (Å²) < 4.78 is 1.07. The van der Waals surface area contributed by atoms with Crippen LogP contribution in [-0.2, 0) is 22.6 Å². The number of hydrogen-bond acceptors (Lipinski definition) is 4. The molecule has 1 N–H and O–H groups in total. The van der Waals surface area contributed by atoms with Gasteiger partial charge in [-0.15, -0.1) is 0 Å². The second-order valence-corrected chi connectivity index (χ2v) is 7.86. The zero-order valence-electron chi connectivity index (χ0n) is 15.1. The molecular weight excluding hydrogens is 358 g/mol. The Hall–Kier alpha value is -2.73. The number of amides is 2. The van der Waals surface area contributed by atoms with Gasteiger partial charge in [-0.25, -0.2) is 4.98 Å². The molecule has 27 heavy (non-hydrogen) atoms. The van der Waals surface area contributed by atoms with E-state index in [1.54, 1.807) is 4.90 Å². The smallest absolute Gasteiger partial charge is 0.231 e. The molecule has 0 bridgehead atoms. The van der Waals surface area contributed by atoms with Gasteiger partial charge in [-0.1, -0.05) is 54.7 Å². The summed E-state index contributed by atoms with van der Waals surface area (Å²) in [6.07, 6.45) is 1.22. The molecule has 1 fully saturated rings. The molecule has 2 heterocycles. The maximum atomic E-state index is 12.6. The van der Waals surface area contributed by atoms with Gasteiger partial charge >= 0.3 is 0 Å². The molecule has 3 aromatic rings. The molecular formula is C21H21N3O2S. The van der Waals surface area contributed by atoms with Crippen LogP contribution in [0.1, 0.15) is 24.5 Å². The number of nitrogens with zero attached hydrogens (tertiary/aromatic N) is 2. The Bertz CT molecular complexity index is 984. The first kappa shape index (κ1) is 17.7. The highest BCUT2D eigenvalue weighted by Crippen LogP contribution is 2.28. The zero-order chi connectivity index (χ0) is 18.8. The summed E-state index contributed by atoms with van der Waals surface area (Å²) in [5.74, 6) is -0.441. The van der Waals surface area contributed by atoms with Gasteiger partial charge in [-0.2, -0.15) is 0 Å². The fourth-order valence-electron chi connectivity index (χ4n) is 3.35. The van der Waals surface area contributed by atoms with Gasteiger partial charge in [-0.05, 0) is 29.7 Å². The Labute approximate surface area is 162 Å². The van der Waals surface area contributed by atoms with Crippen molar-refractivity contribution in [2.75, 3.05) is 11.9 Å². The first-order chi connectivity index (χ1) is 13.1. The van der Waals surface area contributed by atoms with Gasteiger partial charge in [0.05, 0.1) is 16.1 Å². The normalized spacial score (nSPS) is 16.9. The molecule has 6 heteroatoms. The van der Waals surface area contributed by atoms with Crippen LogP contribution < -0.4 is 5.32 Å². The minimum absolute atomic E-state index is 0.0240. The second kappa shape index (κ2) is 7.48. The van der Waals surface area contributed by atoms with Crippen molar-refractivity contribution in [1.82, 2.24) is 9.88 Å². The zero-order valence-corrected chi connectivity index (χ0v) is 16.0. The van der Waals surface area contributed by atoms with E-state index in [0.29, 0.717) is 18.2 Å². The Morgan fingerprint density at radius 3 is 2.81 bits per heavy atom. The number of carbonyl (C=O) groups excluding carboxylic acids is 2. The van der Waals surface area contributed by atoms with Crippen LogP contribution in [0.25, 0.3) is 10.2 Å². The molecule has 0 saturated carbocycles. The van der Waals surface area contributed by atoms with Crippen LogP contribution in [-0.4, -0.2) is 28.2 Å². The van der Waals surface area contributed by atoms with Gasteiger partial charge in [0.15, 0.2) is 5.13 Å². The Kier molecular flexibility index (Phi) is 4.90. The average molecular weight is 379 g/mol. The van der Waals surface area contributed by atoms with E-state index in [-0.39, 0.29) is 24.2 Å². The van der Waals surface area contributed by atoms with E-state index in [2.05, 4.69) is 29.4 Å². The molecule has 0 radical (unpaired) electrons. The van der Waals surface area contributed by atoms with Gasteiger partial charge in [0, 0.05) is 19.5 Å².